The van der Waals surface area contributed by atoms with Crippen molar-refractivity contribution in [1.29, 1.82) is 0 Å². The molecule has 4 aromatic rings. The van der Waals surface area contributed by atoms with E-state index in [9.17, 15) is 19.5 Å². The Hall–Kier alpha value is -3.12. The van der Waals surface area contributed by atoms with Crippen molar-refractivity contribution in [3.05, 3.63) is 61.4 Å². The Morgan fingerprint density at radius 3 is 2.88 bits per heavy atom. The third-order valence-electron chi connectivity index (χ3n) is 5.98. The Kier molecular flexibility index (Phi) is 5.28. The predicted octanol–water partition coefficient (Wildman–Crippen LogP) is 1.26. The fraction of sp³-hybridized carbons (Fsp3) is 0.364. The average Bonchev–Trinajstić information content (AvgIpc) is 3.49. The van der Waals surface area contributed by atoms with Crippen LogP contribution >= 0.6 is 11.3 Å². The van der Waals surface area contributed by atoms with Crippen molar-refractivity contribution in [2.24, 2.45) is 7.05 Å². The summed E-state index contributed by atoms with van der Waals surface area (Å²) in [5, 5.41) is 11.4. The molecule has 1 saturated heterocycles. The second-order valence-electron chi connectivity index (χ2n) is 8.42. The first-order valence-electron chi connectivity index (χ1n) is 10.6. The molecule has 5 heterocycles. The highest BCUT2D eigenvalue weighted by molar-refractivity contribution is 7.19. The second-order valence-corrected chi connectivity index (χ2v) is 9.50. The molecule has 5 rings (SSSR count). The lowest BCUT2D eigenvalue weighted by Crippen LogP contribution is -2.41. The van der Waals surface area contributed by atoms with Crippen LogP contribution in [0.2, 0.25) is 0 Å². The summed E-state index contributed by atoms with van der Waals surface area (Å²) in [5.74, 6) is -0.440. The van der Waals surface area contributed by atoms with Crippen molar-refractivity contribution in [2.75, 3.05) is 6.61 Å². The normalized spacial score (nSPS) is 18.7. The SMILES string of the molecule is CC(C)n1c(=O)n(C)c(=O)c2c(C(=O)C3NOCC3O)c(Cc3c[nH]c4ncccc34)sc21. The van der Waals surface area contributed by atoms with Crippen LogP contribution in [0.15, 0.2) is 34.1 Å². The van der Waals surface area contributed by atoms with Crippen LogP contribution in [0.1, 0.15) is 40.7 Å². The number of hydroxylamine groups is 1. The largest absolute Gasteiger partial charge is 0.388 e. The van der Waals surface area contributed by atoms with Gasteiger partial charge in [-0.15, -0.1) is 11.3 Å². The van der Waals surface area contributed by atoms with Crippen LogP contribution in [-0.2, 0) is 18.3 Å². The zero-order chi connectivity index (χ0) is 23.4. The Labute approximate surface area is 191 Å². The topological polar surface area (TPSA) is 131 Å². The predicted molar refractivity (Wildman–Crippen MR) is 124 cm³/mol. The number of aromatic nitrogens is 4. The molecule has 0 spiro atoms. The lowest BCUT2D eigenvalue weighted by atomic mass is 9.97. The van der Waals surface area contributed by atoms with Gasteiger partial charge in [0, 0.05) is 47.7 Å². The molecule has 11 heteroatoms. The lowest BCUT2D eigenvalue weighted by molar-refractivity contribution is 0.0713. The summed E-state index contributed by atoms with van der Waals surface area (Å²) in [5.41, 5.74) is 3.44. The molecule has 0 amide bonds. The second kappa shape index (κ2) is 8.03. The lowest BCUT2D eigenvalue weighted by Gasteiger charge is -2.14. The van der Waals surface area contributed by atoms with Crippen molar-refractivity contribution in [3.63, 3.8) is 0 Å². The molecule has 1 fully saturated rings. The van der Waals surface area contributed by atoms with E-state index in [2.05, 4.69) is 15.4 Å². The van der Waals surface area contributed by atoms with Crippen LogP contribution in [0.25, 0.3) is 21.3 Å². The molecular formula is C22H23N5O5S. The summed E-state index contributed by atoms with van der Waals surface area (Å²) in [6.45, 7) is 3.68. The molecular weight excluding hydrogens is 446 g/mol. The number of nitrogens with zero attached hydrogens (tertiary/aromatic N) is 3. The molecule has 3 N–H and O–H groups in total. The van der Waals surface area contributed by atoms with Crippen LogP contribution in [0, 0.1) is 0 Å². The van der Waals surface area contributed by atoms with Gasteiger partial charge in [0.15, 0.2) is 5.78 Å². The molecule has 33 heavy (non-hydrogen) atoms. The Balaban J connectivity index is 1.79. The van der Waals surface area contributed by atoms with E-state index < -0.39 is 29.2 Å². The summed E-state index contributed by atoms with van der Waals surface area (Å²) in [4.78, 5) is 53.4. The number of thiophene rings is 1. The van der Waals surface area contributed by atoms with Gasteiger partial charge < -0.3 is 10.1 Å². The van der Waals surface area contributed by atoms with Crippen molar-refractivity contribution >= 4 is 38.4 Å². The number of pyridine rings is 1. The van der Waals surface area contributed by atoms with Crippen LogP contribution in [0.5, 0.6) is 0 Å². The van der Waals surface area contributed by atoms with E-state index in [1.54, 1.807) is 6.20 Å². The van der Waals surface area contributed by atoms with Gasteiger partial charge in [0.25, 0.3) is 5.56 Å². The van der Waals surface area contributed by atoms with Gasteiger partial charge in [-0.3, -0.25) is 23.6 Å². The van der Waals surface area contributed by atoms with Gasteiger partial charge in [0.05, 0.1) is 12.0 Å². The highest BCUT2D eigenvalue weighted by Crippen LogP contribution is 2.34. The minimum Gasteiger partial charge on any atom is -0.388 e. The van der Waals surface area contributed by atoms with Gasteiger partial charge >= 0.3 is 5.69 Å². The maximum absolute atomic E-state index is 13.6. The van der Waals surface area contributed by atoms with E-state index in [1.807, 2.05) is 32.2 Å². The number of aromatic amines is 1. The van der Waals surface area contributed by atoms with Gasteiger partial charge in [-0.05, 0) is 31.5 Å². The summed E-state index contributed by atoms with van der Waals surface area (Å²) in [6, 6.07) is 2.54. The molecule has 10 nitrogen and oxygen atoms in total. The molecule has 0 saturated carbocycles. The number of hydrogen-bond acceptors (Lipinski definition) is 8. The highest BCUT2D eigenvalue weighted by Gasteiger charge is 2.37. The number of carbonyl (C=O) groups excluding carboxylic acids is 1. The van der Waals surface area contributed by atoms with Gasteiger partial charge in [0.1, 0.15) is 22.6 Å². The fourth-order valence-corrected chi connectivity index (χ4v) is 5.73. The molecule has 2 unspecified atom stereocenters. The summed E-state index contributed by atoms with van der Waals surface area (Å²) in [6.07, 6.45) is 2.83. The number of rotatable bonds is 5. The van der Waals surface area contributed by atoms with E-state index in [0.717, 1.165) is 21.2 Å². The summed E-state index contributed by atoms with van der Waals surface area (Å²) >= 11 is 1.26. The Morgan fingerprint density at radius 1 is 1.39 bits per heavy atom. The monoisotopic (exact) mass is 469 g/mol. The number of aliphatic hydroxyl groups excluding tert-OH is 1. The van der Waals surface area contributed by atoms with E-state index in [-0.39, 0.29) is 23.6 Å². The van der Waals surface area contributed by atoms with Crippen LogP contribution in [-0.4, -0.2) is 48.7 Å². The average molecular weight is 470 g/mol. The number of ketones is 1. The van der Waals surface area contributed by atoms with Crippen LogP contribution < -0.4 is 16.7 Å². The molecule has 4 aromatic heterocycles. The third-order valence-corrected chi connectivity index (χ3v) is 7.16. The Bertz CT molecular complexity index is 1510. The van der Waals surface area contributed by atoms with Gasteiger partial charge in [-0.25, -0.2) is 9.78 Å². The first kappa shape index (κ1) is 21.7. The van der Waals surface area contributed by atoms with E-state index >= 15 is 0 Å². The van der Waals surface area contributed by atoms with Crippen molar-refractivity contribution in [2.45, 2.75) is 38.5 Å². The Morgan fingerprint density at radius 2 is 2.18 bits per heavy atom. The fourth-order valence-electron chi connectivity index (χ4n) is 4.29. The molecule has 1 aliphatic heterocycles. The molecule has 0 radical (unpaired) electrons. The number of aliphatic hydroxyl groups is 1. The van der Waals surface area contributed by atoms with Gasteiger partial charge in [-0.2, -0.15) is 5.48 Å². The number of nitrogens with one attached hydrogen (secondary N) is 2. The summed E-state index contributed by atoms with van der Waals surface area (Å²) in [7, 11) is 1.41. The van der Waals surface area contributed by atoms with Crippen LogP contribution in [0.4, 0.5) is 0 Å². The molecule has 0 bridgehead atoms. The van der Waals surface area contributed by atoms with Crippen molar-refractivity contribution < 1.29 is 14.7 Å². The van der Waals surface area contributed by atoms with E-state index in [0.29, 0.717) is 16.1 Å². The number of H-pyrrole nitrogens is 1. The maximum atomic E-state index is 13.6. The van der Waals surface area contributed by atoms with E-state index in [4.69, 9.17) is 4.84 Å². The third kappa shape index (κ3) is 3.35. The standard InChI is InChI=1S/C22H23N5O5S/c1-10(2)27-21-16(20(30)26(3)22(27)31)15(18(29)17-13(28)9-32-25-17)14(33-21)7-11-8-24-19-12(11)5-4-6-23-19/h4-6,8,10,13,17,25,28H,7,9H2,1-3H3,(H,23,24). The van der Waals surface area contributed by atoms with Gasteiger partial charge in [-0.1, -0.05) is 0 Å². The van der Waals surface area contributed by atoms with Gasteiger partial charge in [0.2, 0.25) is 0 Å². The minimum absolute atomic E-state index is 0.0311. The minimum atomic E-state index is -1.04. The highest BCUT2D eigenvalue weighted by atomic mass is 32.1. The number of fused-ring (bicyclic) bond motifs is 2. The smallest absolute Gasteiger partial charge is 0.332 e. The first-order chi connectivity index (χ1) is 15.8. The zero-order valence-electron chi connectivity index (χ0n) is 18.3. The summed E-state index contributed by atoms with van der Waals surface area (Å²) < 4.78 is 2.56. The van der Waals surface area contributed by atoms with Crippen LogP contribution in [0.3, 0.4) is 0 Å². The maximum Gasteiger partial charge on any atom is 0.332 e. The number of carbonyl (C=O) groups is 1. The van der Waals surface area contributed by atoms with Crippen molar-refractivity contribution in [3.8, 4) is 0 Å². The number of hydrogen-bond donors (Lipinski definition) is 3. The molecule has 0 aliphatic carbocycles. The van der Waals surface area contributed by atoms with E-state index in [1.165, 1.54) is 23.0 Å². The molecule has 1 aliphatic rings. The quantitative estimate of drug-likeness (QED) is 0.375. The molecule has 2 atom stereocenters. The first-order valence-corrected chi connectivity index (χ1v) is 11.4. The zero-order valence-corrected chi connectivity index (χ0v) is 19.1. The molecule has 0 aromatic carbocycles. The number of Topliss-reactive ketones (excluding diaryl/α,β-unsaturated/α-hetero) is 1. The van der Waals surface area contributed by atoms with Crippen molar-refractivity contribution in [1.82, 2.24) is 24.6 Å². The molecule has 172 valence electrons.